The van der Waals surface area contributed by atoms with Gasteiger partial charge in [-0.3, -0.25) is 15.0 Å². The molecule has 0 aromatic heterocycles. The van der Waals surface area contributed by atoms with Gasteiger partial charge in [0.05, 0.1) is 34.9 Å². The van der Waals surface area contributed by atoms with Gasteiger partial charge in [0.2, 0.25) is 0 Å². The topological polar surface area (TPSA) is 140 Å². The Kier molecular flexibility index (Phi) is 11.2. The van der Waals surface area contributed by atoms with Crippen LogP contribution in [0.4, 0.5) is 9.18 Å². The van der Waals surface area contributed by atoms with Crippen LogP contribution in [0.1, 0.15) is 77.7 Å². The maximum Gasteiger partial charge on any atom is 0.322 e. The number of amides is 3. The van der Waals surface area contributed by atoms with Crippen LogP contribution in [0, 0.1) is 29.6 Å². The third-order valence-electron chi connectivity index (χ3n) is 12.0. The summed E-state index contributed by atoms with van der Waals surface area (Å²) < 4.78 is 33.6. The van der Waals surface area contributed by atoms with Crippen molar-refractivity contribution in [2.75, 3.05) is 39.3 Å². The molecular weight excluding hydrogens is 771 g/mol. The SMILES string of the molecule is Cc1c(OCCCN2CCC(C)(F)CC2)cccc1-c1cccc2c1CC[C@@H]2Oc1cc(OCc2cc(C#N)cc(C#N)c2)c(CN2CC3(C2)NC(=O)NC3=O)cc1Cl. The zero-order valence-corrected chi connectivity index (χ0v) is 34.0. The summed E-state index contributed by atoms with van der Waals surface area (Å²) in [6.07, 6.45) is 3.32. The molecule has 11 nitrogen and oxygen atoms in total. The van der Waals surface area contributed by atoms with Gasteiger partial charge in [-0.05, 0) is 110 Å². The Morgan fingerprint density at radius 1 is 0.915 bits per heavy atom. The number of hydrogen-bond acceptors (Lipinski definition) is 9. The van der Waals surface area contributed by atoms with E-state index in [0.717, 1.165) is 72.5 Å². The molecule has 0 unspecified atom stereocenters. The van der Waals surface area contributed by atoms with Gasteiger partial charge in [-0.25, -0.2) is 9.18 Å². The number of carbonyl (C=O) groups excluding carboxylic acids is 2. The summed E-state index contributed by atoms with van der Waals surface area (Å²) >= 11 is 6.96. The Labute approximate surface area is 348 Å². The highest BCUT2D eigenvalue weighted by Crippen LogP contribution is 2.44. The normalized spacial score (nSPS) is 19.3. The van der Waals surface area contributed by atoms with E-state index in [0.29, 0.717) is 72.3 Å². The third-order valence-corrected chi connectivity index (χ3v) is 12.3. The minimum Gasteiger partial charge on any atom is -0.493 e. The van der Waals surface area contributed by atoms with Crippen molar-refractivity contribution in [2.24, 2.45) is 0 Å². The second-order valence-electron chi connectivity index (χ2n) is 16.4. The van der Waals surface area contributed by atoms with Crippen LogP contribution < -0.4 is 24.8 Å². The van der Waals surface area contributed by atoms with Crippen molar-refractivity contribution in [1.82, 2.24) is 20.4 Å². The molecule has 3 amide bonds. The van der Waals surface area contributed by atoms with E-state index in [-0.39, 0.29) is 18.6 Å². The molecule has 1 spiro atoms. The van der Waals surface area contributed by atoms with E-state index in [9.17, 15) is 24.5 Å². The van der Waals surface area contributed by atoms with Gasteiger partial charge in [0.15, 0.2) is 0 Å². The number of imide groups is 1. The first-order valence-corrected chi connectivity index (χ1v) is 20.5. The molecule has 304 valence electrons. The number of nitriles is 2. The molecule has 4 aromatic rings. The lowest BCUT2D eigenvalue weighted by Gasteiger charge is -2.45. The molecule has 0 bridgehead atoms. The Hall–Kier alpha value is -5.66. The lowest BCUT2D eigenvalue weighted by atomic mass is 9.89. The maximum absolute atomic E-state index is 14.2. The van der Waals surface area contributed by atoms with E-state index in [1.54, 1.807) is 25.1 Å². The number of fused-ring (bicyclic) bond motifs is 1. The average molecular weight is 817 g/mol. The van der Waals surface area contributed by atoms with Gasteiger partial charge in [0.1, 0.15) is 41.2 Å². The summed E-state index contributed by atoms with van der Waals surface area (Å²) in [5.41, 5.74) is 5.74. The number of alkyl halides is 1. The van der Waals surface area contributed by atoms with Gasteiger partial charge < -0.3 is 24.4 Å². The predicted molar refractivity (Wildman–Crippen MR) is 220 cm³/mol. The third kappa shape index (κ3) is 8.58. The van der Waals surface area contributed by atoms with E-state index in [2.05, 4.69) is 58.9 Å². The number of halogens is 2. The van der Waals surface area contributed by atoms with Crippen molar-refractivity contribution in [3.63, 3.8) is 0 Å². The lowest BCUT2D eigenvalue weighted by molar-refractivity contribution is -0.130. The number of hydrogen-bond donors (Lipinski definition) is 2. The zero-order valence-electron chi connectivity index (χ0n) is 33.2. The van der Waals surface area contributed by atoms with Crippen LogP contribution in [0.15, 0.2) is 66.7 Å². The highest BCUT2D eigenvalue weighted by Gasteiger charge is 2.54. The summed E-state index contributed by atoms with van der Waals surface area (Å²) in [7, 11) is 0. The van der Waals surface area contributed by atoms with E-state index >= 15 is 0 Å². The number of nitrogens with one attached hydrogen (secondary N) is 2. The summed E-state index contributed by atoms with van der Waals surface area (Å²) in [6.45, 7) is 7.96. The van der Waals surface area contributed by atoms with Gasteiger partial charge in [0.25, 0.3) is 5.91 Å². The quantitative estimate of drug-likeness (QED) is 0.103. The second kappa shape index (κ2) is 16.5. The molecule has 0 saturated carbocycles. The Bertz CT molecular complexity index is 2340. The fraction of sp³-hybridized carbons (Fsp3) is 0.391. The minimum atomic E-state index is -1.05. The maximum atomic E-state index is 14.2. The van der Waals surface area contributed by atoms with Crippen molar-refractivity contribution in [3.05, 3.63) is 111 Å². The number of nitrogens with zero attached hydrogens (tertiary/aromatic N) is 4. The molecule has 59 heavy (non-hydrogen) atoms. The van der Waals surface area contributed by atoms with E-state index in [4.69, 9.17) is 25.8 Å². The molecule has 3 aliphatic heterocycles. The van der Waals surface area contributed by atoms with Gasteiger partial charge in [-0.2, -0.15) is 10.5 Å². The molecule has 1 aliphatic carbocycles. The largest absolute Gasteiger partial charge is 0.493 e. The second-order valence-corrected chi connectivity index (χ2v) is 16.8. The van der Waals surface area contributed by atoms with Crippen LogP contribution in [-0.2, 0) is 24.4 Å². The smallest absolute Gasteiger partial charge is 0.322 e. The van der Waals surface area contributed by atoms with Crippen LogP contribution in [-0.4, -0.2) is 72.3 Å². The first-order chi connectivity index (χ1) is 28.4. The van der Waals surface area contributed by atoms with Crippen LogP contribution in [0.2, 0.25) is 5.02 Å². The number of carbonyl (C=O) groups is 2. The molecule has 3 saturated heterocycles. The molecule has 4 aromatic carbocycles. The Balaban J connectivity index is 0.988. The van der Waals surface area contributed by atoms with Crippen molar-refractivity contribution in [1.29, 1.82) is 10.5 Å². The van der Waals surface area contributed by atoms with Crippen molar-refractivity contribution in [3.8, 4) is 40.5 Å². The highest BCUT2D eigenvalue weighted by atomic mass is 35.5. The summed E-state index contributed by atoms with van der Waals surface area (Å²) in [4.78, 5) is 28.6. The fourth-order valence-electron chi connectivity index (χ4n) is 8.73. The number of rotatable bonds is 13. The monoisotopic (exact) mass is 816 g/mol. The summed E-state index contributed by atoms with van der Waals surface area (Å²) in [6, 6.07) is 24.7. The van der Waals surface area contributed by atoms with E-state index in [1.807, 2.05) is 23.1 Å². The fourth-order valence-corrected chi connectivity index (χ4v) is 8.96. The molecule has 13 heteroatoms. The zero-order chi connectivity index (χ0) is 41.3. The molecule has 0 radical (unpaired) electrons. The minimum absolute atomic E-state index is 0.0802. The highest BCUT2D eigenvalue weighted by molar-refractivity contribution is 6.32. The van der Waals surface area contributed by atoms with Gasteiger partial charge in [-0.1, -0.05) is 41.9 Å². The van der Waals surface area contributed by atoms with Crippen LogP contribution in [0.5, 0.6) is 17.2 Å². The van der Waals surface area contributed by atoms with Crippen LogP contribution in [0.3, 0.4) is 0 Å². The average Bonchev–Trinajstić information content (AvgIpc) is 3.76. The van der Waals surface area contributed by atoms with Gasteiger partial charge in [0, 0.05) is 50.9 Å². The van der Waals surface area contributed by atoms with Gasteiger partial charge in [-0.15, -0.1) is 0 Å². The van der Waals surface area contributed by atoms with Crippen LogP contribution >= 0.6 is 11.6 Å². The summed E-state index contributed by atoms with van der Waals surface area (Å²) in [5, 5.41) is 24.5. The Morgan fingerprint density at radius 2 is 1.64 bits per heavy atom. The van der Waals surface area contributed by atoms with E-state index in [1.165, 1.54) is 11.6 Å². The van der Waals surface area contributed by atoms with Crippen molar-refractivity contribution < 1.29 is 28.2 Å². The van der Waals surface area contributed by atoms with Crippen LogP contribution in [0.25, 0.3) is 11.1 Å². The van der Waals surface area contributed by atoms with Gasteiger partial charge >= 0.3 is 6.03 Å². The predicted octanol–water partition coefficient (Wildman–Crippen LogP) is 7.69. The molecular formula is C46H46ClFN6O5. The molecule has 4 aliphatic rings. The molecule has 3 fully saturated rings. The van der Waals surface area contributed by atoms with E-state index < -0.39 is 17.2 Å². The molecule has 3 heterocycles. The number of likely N-dealkylation sites (tertiary alicyclic amines) is 2. The first-order valence-electron chi connectivity index (χ1n) is 20.1. The first kappa shape index (κ1) is 40.1. The van der Waals surface area contributed by atoms with Crippen molar-refractivity contribution in [2.45, 2.75) is 76.4 Å². The van der Waals surface area contributed by atoms with Crippen molar-refractivity contribution >= 4 is 23.5 Å². The number of piperidine rings is 1. The summed E-state index contributed by atoms with van der Waals surface area (Å²) in [5.74, 6) is 1.47. The molecule has 2 N–H and O–H groups in total. The number of ether oxygens (including phenoxy) is 3. The lowest BCUT2D eigenvalue weighted by Crippen LogP contribution is -2.70. The molecule has 1 atom stereocenters. The molecule has 8 rings (SSSR count). The number of benzene rings is 4. The number of urea groups is 1. The standard InChI is InChI=1S/C46H46ClFN6O5/c1-29-34(6-4-9-39(29)57-17-5-14-53-15-12-45(2,48)13-16-53)35-7-3-8-37-36(35)10-11-40(37)59-42-22-41(58-26-32-19-30(23-49)18-31(20-32)24-50)33(21-38(42)47)25-54-27-46(28-54)43(55)51-44(56)52-46/h3-4,6-9,18-22,40H,5,10-17,25-28H2,1-2H3,(H2,51,52,55,56)/t40-/m0/s1. The Morgan fingerprint density at radius 3 is 2.36 bits per heavy atom.